The highest BCUT2D eigenvalue weighted by atomic mass is 32.2. The number of hydrogen-bond acceptors (Lipinski definition) is 5. The molecule has 2 atom stereocenters. The molecule has 1 aliphatic carbocycles. The Balaban J connectivity index is 1.41. The number of carbonyl (C=O) groups excluding carboxylic acids is 2. The van der Waals surface area contributed by atoms with Crippen LogP contribution in [0.3, 0.4) is 0 Å². The predicted molar refractivity (Wildman–Crippen MR) is 106 cm³/mol. The van der Waals surface area contributed by atoms with Crippen LogP contribution in [0.15, 0.2) is 18.2 Å². The van der Waals surface area contributed by atoms with Crippen LogP contribution >= 0.6 is 11.8 Å². The van der Waals surface area contributed by atoms with Crippen molar-refractivity contribution in [1.29, 1.82) is 0 Å². The molecule has 3 fully saturated rings. The number of benzene rings is 1. The Morgan fingerprint density at radius 2 is 2.07 bits per heavy atom. The zero-order valence-corrected chi connectivity index (χ0v) is 17.0. The van der Waals surface area contributed by atoms with Crippen LogP contribution in [0.5, 0.6) is 11.5 Å². The monoisotopic (exact) mass is 402 g/mol. The van der Waals surface area contributed by atoms with Gasteiger partial charge in [-0.2, -0.15) is 0 Å². The lowest BCUT2D eigenvalue weighted by Crippen LogP contribution is -2.53. The highest BCUT2D eigenvalue weighted by Crippen LogP contribution is 2.48. The third kappa shape index (κ3) is 2.95. The van der Waals surface area contributed by atoms with E-state index >= 15 is 0 Å². The molecular formula is C21H26N2O4S. The third-order valence-electron chi connectivity index (χ3n) is 6.57. The summed E-state index contributed by atoms with van der Waals surface area (Å²) in [7, 11) is 0. The molecule has 5 rings (SSSR count). The van der Waals surface area contributed by atoms with E-state index in [4.69, 9.17) is 9.47 Å². The second-order valence-corrected chi connectivity index (χ2v) is 9.86. The van der Waals surface area contributed by atoms with Crippen molar-refractivity contribution in [2.75, 3.05) is 12.5 Å². The molecular weight excluding hydrogens is 376 g/mol. The lowest BCUT2D eigenvalue weighted by atomic mass is 10.1. The minimum Gasteiger partial charge on any atom is -0.454 e. The first-order valence-corrected chi connectivity index (χ1v) is 11.2. The van der Waals surface area contributed by atoms with Crippen molar-refractivity contribution in [2.24, 2.45) is 0 Å². The highest BCUT2D eigenvalue weighted by molar-refractivity contribution is 8.01. The van der Waals surface area contributed by atoms with Crippen LogP contribution in [0, 0.1) is 0 Å². The molecule has 0 unspecified atom stereocenters. The summed E-state index contributed by atoms with van der Waals surface area (Å²) >= 11 is 1.76. The first-order valence-electron chi connectivity index (χ1n) is 10.2. The summed E-state index contributed by atoms with van der Waals surface area (Å²) in [6, 6.07) is 5.83. The molecule has 150 valence electrons. The zero-order valence-electron chi connectivity index (χ0n) is 16.2. The maximum absolute atomic E-state index is 13.7. The molecule has 0 spiro atoms. The Morgan fingerprint density at radius 1 is 1.29 bits per heavy atom. The van der Waals surface area contributed by atoms with Crippen LogP contribution in [0.2, 0.25) is 0 Å². The van der Waals surface area contributed by atoms with Gasteiger partial charge in [-0.25, -0.2) is 0 Å². The molecule has 3 aliphatic heterocycles. The molecule has 1 aromatic carbocycles. The quantitative estimate of drug-likeness (QED) is 0.774. The maximum atomic E-state index is 13.7. The van der Waals surface area contributed by atoms with Crippen LogP contribution in [-0.4, -0.2) is 51.1 Å². The molecule has 0 N–H and O–H groups in total. The van der Waals surface area contributed by atoms with E-state index in [9.17, 15) is 9.59 Å². The molecule has 0 radical (unpaired) electrons. The largest absolute Gasteiger partial charge is 0.454 e. The second-order valence-electron chi connectivity index (χ2n) is 8.36. The number of fused-ring (bicyclic) bond motifs is 2. The number of nitrogens with zero attached hydrogens (tertiary/aromatic N) is 2. The summed E-state index contributed by atoms with van der Waals surface area (Å²) in [5.41, 5.74) is 1.05. The van der Waals surface area contributed by atoms with Gasteiger partial charge in [0.15, 0.2) is 11.5 Å². The van der Waals surface area contributed by atoms with Crippen molar-refractivity contribution in [3.8, 4) is 11.5 Å². The van der Waals surface area contributed by atoms with Gasteiger partial charge in [-0.05, 0) is 43.9 Å². The standard InChI is InChI=1S/C21H26N2O4S/c1-21-9-8-19(24)23(21)16(12-28-21)20(25)22(15-4-2-3-5-15)11-14-6-7-17-18(10-14)27-13-26-17/h6-7,10,15-16H,2-5,8-9,11-13H2,1H3/t16-,21-/m0/s1. The van der Waals surface area contributed by atoms with Crippen molar-refractivity contribution in [3.63, 3.8) is 0 Å². The van der Waals surface area contributed by atoms with Gasteiger partial charge in [-0.15, -0.1) is 11.8 Å². The van der Waals surface area contributed by atoms with Crippen molar-refractivity contribution >= 4 is 23.6 Å². The van der Waals surface area contributed by atoms with Gasteiger partial charge in [0.1, 0.15) is 6.04 Å². The summed E-state index contributed by atoms with van der Waals surface area (Å²) in [5.74, 6) is 2.44. The Morgan fingerprint density at radius 3 is 2.89 bits per heavy atom. The van der Waals surface area contributed by atoms with Gasteiger partial charge in [0, 0.05) is 24.8 Å². The number of thioether (sulfide) groups is 1. The fraction of sp³-hybridized carbons (Fsp3) is 0.619. The molecule has 0 bridgehead atoms. The van der Waals surface area contributed by atoms with Crippen LogP contribution in [0.1, 0.15) is 51.0 Å². The van der Waals surface area contributed by atoms with Crippen LogP contribution in [0.4, 0.5) is 0 Å². The maximum Gasteiger partial charge on any atom is 0.246 e. The molecule has 1 aromatic rings. The van der Waals surface area contributed by atoms with Crippen LogP contribution in [0.25, 0.3) is 0 Å². The smallest absolute Gasteiger partial charge is 0.246 e. The van der Waals surface area contributed by atoms with Gasteiger partial charge < -0.3 is 19.3 Å². The first kappa shape index (κ1) is 18.2. The highest BCUT2D eigenvalue weighted by Gasteiger charge is 2.54. The minimum atomic E-state index is -0.334. The molecule has 7 heteroatoms. The van der Waals surface area contributed by atoms with Crippen molar-refractivity contribution in [1.82, 2.24) is 9.80 Å². The summed E-state index contributed by atoms with van der Waals surface area (Å²) in [4.78, 5) is 29.9. The van der Waals surface area contributed by atoms with Gasteiger partial charge in [-0.1, -0.05) is 18.9 Å². The van der Waals surface area contributed by atoms with Crippen molar-refractivity contribution < 1.29 is 19.1 Å². The van der Waals surface area contributed by atoms with E-state index in [0.717, 1.165) is 49.2 Å². The van der Waals surface area contributed by atoms with Crippen molar-refractivity contribution in [2.45, 2.75) is 68.9 Å². The van der Waals surface area contributed by atoms with E-state index in [1.165, 1.54) is 0 Å². The summed E-state index contributed by atoms with van der Waals surface area (Å²) in [6.07, 6.45) is 5.80. The third-order valence-corrected chi connectivity index (χ3v) is 8.07. The molecule has 4 aliphatic rings. The number of carbonyl (C=O) groups is 2. The lowest BCUT2D eigenvalue weighted by molar-refractivity contribution is -0.145. The number of rotatable bonds is 4. The Kier molecular flexibility index (Phi) is 4.45. The molecule has 3 heterocycles. The fourth-order valence-corrected chi connectivity index (χ4v) is 6.46. The first-order chi connectivity index (χ1) is 13.5. The topological polar surface area (TPSA) is 59.1 Å². The van der Waals surface area contributed by atoms with Crippen molar-refractivity contribution in [3.05, 3.63) is 23.8 Å². The van der Waals surface area contributed by atoms with E-state index in [0.29, 0.717) is 18.7 Å². The lowest BCUT2D eigenvalue weighted by Gasteiger charge is -2.36. The molecule has 28 heavy (non-hydrogen) atoms. The minimum absolute atomic E-state index is 0.107. The number of amides is 2. The average Bonchev–Trinajstić information content (AvgIpc) is 3.45. The van der Waals surface area contributed by atoms with Gasteiger partial charge in [0.25, 0.3) is 0 Å². The number of hydrogen-bond donors (Lipinski definition) is 0. The number of ether oxygens (including phenoxy) is 2. The fourth-order valence-electron chi connectivity index (χ4n) is 5.03. The Labute approximate surface area is 169 Å². The molecule has 2 saturated heterocycles. The SMILES string of the molecule is C[C@]12CCC(=O)N1[C@H](C(=O)N(Cc1ccc3c(c1)OCO3)C1CCCC1)CS2. The summed E-state index contributed by atoms with van der Waals surface area (Å²) in [6.45, 7) is 2.91. The Bertz CT molecular complexity index is 810. The van der Waals surface area contributed by atoms with Gasteiger partial charge in [0.05, 0.1) is 4.87 Å². The van der Waals surface area contributed by atoms with E-state index < -0.39 is 0 Å². The molecule has 6 nitrogen and oxygen atoms in total. The zero-order chi connectivity index (χ0) is 19.3. The van der Waals surface area contributed by atoms with E-state index in [-0.39, 0.29) is 35.6 Å². The molecule has 0 aromatic heterocycles. The van der Waals surface area contributed by atoms with Gasteiger partial charge in [0.2, 0.25) is 18.6 Å². The Hall–Kier alpha value is -1.89. The van der Waals surface area contributed by atoms with E-state index in [1.807, 2.05) is 28.0 Å². The normalized spacial score (nSPS) is 28.8. The van der Waals surface area contributed by atoms with Gasteiger partial charge in [-0.3, -0.25) is 9.59 Å². The molecule has 1 saturated carbocycles. The average molecular weight is 403 g/mol. The second kappa shape index (κ2) is 6.87. The van der Waals surface area contributed by atoms with Gasteiger partial charge >= 0.3 is 0 Å². The van der Waals surface area contributed by atoms with Crippen LogP contribution in [-0.2, 0) is 16.1 Å². The predicted octanol–water partition coefficient (Wildman–Crippen LogP) is 3.14. The summed E-state index contributed by atoms with van der Waals surface area (Å²) in [5, 5.41) is 0. The summed E-state index contributed by atoms with van der Waals surface area (Å²) < 4.78 is 10.9. The van der Waals surface area contributed by atoms with E-state index in [1.54, 1.807) is 11.8 Å². The molecule has 2 amide bonds. The van der Waals surface area contributed by atoms with E-state index in [2.05, 4.69) is 6.92 Å². The van der Waals surface area contributed by atoms with Crippen LogP contribution < -0.4 is 9.47 Å².